The molecule has 0 aromatic carbocycles. The second-order valence-corrected chi connectivity index (χ2v) is 4.09. The first-order valence-electron chi connectivity index (χ1n) is 4.92. The summed E-state index contributed by atoms with van der Waals surface area (Å²) in [5, 5.41) is 20.7. The number of rotatable bonds is 3. The fourth-order valence-electron chi connectivity index (χ4n) is 1.34. The van der Waals surface area contributed by atoms with Crippen LogP contribution in [0.1, 0.15) is 33.1 Å². The van der Waals surface area contributed by atoms with E-state index in [-0.39, 0.29) is 18.1 Å². The van der Waals surface area contributed by atoms with Gasteiger partial charge < -0.3 is 10.4 Å². The van der Waals surface area contributed by atoms with Crippen molar-refractivity contribution < 1.29 is 9.90 Å². The van der Waals surface area contributed by atoms with Crippen LogP contribution in [-0.4, -0.2) is 23.2 Å². The van der Waals surface area contributed by atoms with Crippen LogP contribution in [0.5, 0.6) is 0 Å². The Morgan fingerprint density at radius 1 is 1.71 bits per heavy atom. The number of nitriles is 1. The number of amides is 1. The van der Waals surface area contributed by atoms with Crippen LogP contribution in [0.4, 0.5) is 0 Å². The summed E-state index contributed by atoms with van der Waals surface area (Å²) < 4.78 is 0. The van der Waals surface area contributed by atoms with Gasteiger partial charge in [-0.2, -0.15) is 5.26 Å². The maximum absolute atomic E-state index is 11.6. The standard InChI is InChI=1S/C10H16N2O2/c1-3-10(2,6-11)9(14)12-7-4-8(13)5-7/h7-8,13H,3-5H2,1-2H3,(H,12,14). The number of carbonyl (C=O) groups is 1. The maximum atomic E-state index is 11.6. The van der Waals surface area contributed by atoms with Crippen molar-refractivity contribution >= 4 is 5.91 Å². The van der Waals surface area contributed by atoms with Crippen LogP contribution in [-0.2, 0) is 4.79 Å². The van der Waals surface area contributed by atoms with Crippen molar-refractivity contribution in [1.29, 1.82) is 5.26 Å². The number of nitrogens with one attached hydrogen (secondary N) is 1. The molecule has 1 amide bonds. The highest BCUT2D eigenvalue weighted by molar-refractivity contribution is 5.85. The van der Waals surface area contributed by atoms with E-state index in [1.807, 2.05) is 13.0 Å². The molecule has 1 fully saturated rings. The van der Waals surface area contributed by atoms with Gasteiger partial charge in [-0.05, 0) is 26.2 Å². The van der Waals surface area contributed by atoms with Crippen molar-refractivity contribution in [2.24, 2.45) is 5.41 Å². The smallest absolute Gasteiger partial charge is 0.240 e. The molecule has 78 valence electrons. The molecule has 1 rings (SSSR count). The Hall–Kier alpha value is -1.08. The van der Waals surface area contributed by atoms with Gasteiger partial charge in [0.25, 0.3) is 0 Å². The largest absolute Gasteiger partial charge is 0.393 e. The summed E-state index contributed by atoms with van der Waals surface area (Å²) >= 11 is 0. The van der Waals surface area contributed by atoms with Gasteiger partial charge in [0.1, 0.15) is 5.41 Å². The summed E-state index contributed by atoms with van der Waals surface area (Å²) in [7, 11) is 0. The third kappa shape index (κ3) is 2.05. The quantitative estimate of drug-likeness (QED) is 0.693. The highest BCUT2D eigenvalue weighted by atomic mass is 16.3. The average Bonchev–Trinajstić information content (AvgIpc) is 2.14. The normalized spacial score (nSPS) is 29.6. The molecule has 1 saturated carbocycles. The minimum Gasteiger partial charge on any atom is -0.393 e. The van der Waals surface area contributed by atoms with E-state index in [1.54, 1.807) is 6.92 Å². The molecule has 2 N–H and O–H groups in total. The van der Waals surface area contributed by atoms with E-state index in [1.165, 1.54) is 0 Å². The third-order valence-corrected chi connectivity index (χ3v) is 2.90. The number of hydrogen-bond donors (Lipinski definition) is 2. The molecule has 0 spiro atoms. The molecule has 0 aromatic heterocycles. The average molecular weight is 196 g/mol. The van der Waals surface area contributed by atoms with Crippen LogP contribution in [0.3, 0.4) is 0 Å². The van der Waals surface area contributed by atoms with E-state index in [0.717, 1.165) is 0 Å². The van der Waals surface area contributed by atoms with Gasteiger partial charge in [-0.3, -0.25) is 4.79 Å². The summed E-state index contributed by atoms with van der Waals surface area (Å²) in [5.41, 5.74) is -0.930. The van der Waals surface area contributed by atoms with Crippen LogP contribution in [0.15, 0.2) is 0 Å². The molecule has 0 saturated heterocycles. The predicted molar refractivity (Wildman–Crippen MR) is 51.2 cm³/mol. The van der Waals surface area contributed by atoms with E-state index in [9.17, 15) is 4.79 Å². The minimum atomic E-state index is -0.930. The monoisotopic (exact) mass is 196 g/mol. The summed E-state index contributed by atoms with van der Waals surface area (Å²) in [5.74, 6) is -0.223. The fraction of sp³-hybridized carbons (Fsp3) is 0.800. The highest BCUT2D eigenvalue weighted by Crippen LogP contribution is 2.24. The van der Waals surface area contributed by atoms with Crippen LogP contribution >= 0.6 is 0 Å². The van der Waals surface area contributed by atoms with Crippen molar-refractivity contribution in [3.8, 4) is 6.07 Å². The molecule has 0 aliphatic heterocycles. The molecule has 1 atom stereocenters. The van der Waals surface area contributed by atoms with E-state index in [0.29, 0.717) is 19.3 Å². The lowest BCUT2D eigenvalue weighted by Gasteiger charge is -2.34. The first-order valence-corrected chi connectivity index (χ1v) is 4.92. The minimum absolute atomic E-state index is 0.0525. The van der Waals surface area contributed by atoms with E-state index < -0.39 is 5.41 Å². The van der Waals surface area contributed by atoms with Gasteiger partial charge in [-0.15, -0.1) is 0 Å². The Labute approximate surface area is 83.9 Å². The number of nitrogens with zero attached hydrogens (tertiary/aromatic N) is 1. The number of aliphatic hydroxyl groups is 1. The molecular formula is C10H16N2O2. The summed E-state index contributed by atoms with van der Waals surface area (Å²) in [4.78, 5) is 11.6. The van der Waals surface area contributed by atoms with E-state index in [2.05, 4.69) is 5.32 Å². The molecule has 1 unspecified atom stereocenters. The topological polar surface area (TPSA) is 73.1 Å². The van der Waals surface area contributed by atoms with Crippen LogP contribution in [0.25, 0.3) is 0 Å². The Morgan fingerprint density at radius 3 is 2.64 bits per heavy atom. The number of aliphatic hydroxyl groups excluding tert-OH is 1. The molecule has 4 heteroatoms. The Bertz CT molecular complexity index is 266. The first-order chi connectivity index (χ1) is 6.51. The van der Waals surface area contributed by atoms with Gasteiger partial charge in [0, 0.05) is 6.04 Å². The highest BCUT2D eigenvalue weighted by Gasteiger charge is 2.36. The van der Waals surface area contributed by atoms with Crippen molar-refractivity contribution in [3.63, 3.8) is 0 Å². The third-order valence-electron chi connectivity index (χ3n) is 2.90. The Kier molecular flexibility index (Phi) is 3.12. The second-order valence-electron chi connectivity index (χ2n) is 4.09. The van der Waals surface area contributed by atoms with Gasteiger partial charge in [-0.1, -0.05) is 6.92 Å². The number of carbonyl (C=O) groups excluding carboxylic acids is 1. The molecule has 0 bridgehead atoms. The van der Waals surface area contributed by atoms with E-state index in [4.69, 9.17) is 10.4 Å². The lowest BCUT2D eigenvalue weighted by molar-refractivity contribution is -0.129. The van der Waals surface area contributed by atoms with Gasteiger partial charge in [0.15, 0.2) is 0 Å². The van der Waals surface area contributed by atoms with Crippen LogP contribution in [0, 0.1) is 16.7 Å². The summed E-state index contributed by atoms with van der Waals surface area (Å²) in [6.45, 7) is 3.45. The first kappa shape index (κ1) is 11.0. The molecule has 1 aliphatic rings. The van der Waals surface area contributed by atoms with Crippen molar-refractivity contribution in [2.45, 2.75) is 45.3 Å². The Morgan fingerprint density at radius 2 is 2.29 bits per heavy atom. The molecular weight excluding hydrogens is 180 g/mol. The van der Waals surface area contributed by atoms with Gasteiger partial charge in [-0.25, -0.2) is 0 Å². The lowest BCUT2D eigenvalue weighted by Crippen LogP contribution is -2.50. The second kappa shape index (κ2) is 3.97. The van der Waals surface area contributed by atoms with Crippen molar-refractivity contribution in [2.75, 3.05) is 0 Å². The van der Waals surface area contributed by atoms with Gasteiger partial charge in [0.2, 0.25) is 5.91 Å². The zero-order valence-corrected chi connectivity index (χ0v) is 8.58. The van der Waals surface area contributed by atoms with Crippen molar-refractivity contribution in [3.05, 3.63) is 0 Å². The molecule has 14 heavy (non-hydrogen) atoms. The van der Waals surface area contributed by atoms with Gasteiger partial charge in [0.05, 0.1) is 12.2 Å². The Balaban J connectivity index is 2.46. The molecule has 1 aliphatic carbocycles. The zero-order chi connectivity index (χ0) is 10.8. The zero-order valence-electron chi connectivity index (χ0n) is 8.58. The van der Waals surface area contributed by atoms with E-state index >= 15 is 0 Å². The number of hydrogen-bond acceptors (Lipinski definition) is 3. The summed E-state index contributed by atoms with van der Waals surface area (Å²) in [6.07, 6.45) is 1.44. The predicted octanol–water partition coefficient (Wildman–Crippen LogP) is 0.566. The summed E-state index contributed by atoms with van der Waals surface area (Å²) in [6, 6.07) is 2.07. The lowest BCUT2D eigenvalue weighted by atomic mass is 9.85. The molecule has 0 aromatic rings. The van der Waals surface area contributed by atoms with Crippen molar-refractivity contribution in [1.82, 2.24) is 5.32 Å². The SMILES string of the molecule is CCC(C)(C#N)C(=O)NC1CC(O)C1. The fourth-order valence-corrected chi connectivity index (χ4v) is 1.34. The maximum Gasteiger partial charge on any atom is 0.240 e. The molecule has 0 heterocycles. The van der Waals surface area contributed by atoms with Gasteiger partial charge >= 0.3 is 0 Å². The van der Waals surface area contributed by atoms with Crippen LogP contribution < -0.4 is 5.32 Å². The molecule has 0 radical (unpaired) electrons. The van der Waals surface area contributed by atoms with Crippen LogP contribution in [0.2, 0.25) is 0 Å². The molecule has 4 nitrogen and oxygen atoms in total.